The van der Waals surface area contributed by atoms with Crippen LogP contribution in [-0.4, -0.2) is 30.2 Å². The molecule has 0 amide bonds. The van der Waals surface area contributed by atoms with E-state index in [0.717, 1.165) is 38.5 Å². The van der Waals surface area contributed by atoms with E-state index in [1.165, 1.54) is 6.07 Å². The van der Waals surface area contributed by atoms with E-state index in [9.17, 15) is 13.2 Å². The van der Waals surface area contributed by atoms with Gasteiger partial charge in [0.2, 0.25) is 0 Å². The third kappa shape index (κ3) is 2.69. The van der Waals surface area contributed by atoms with Crippen molar-refractivity contribution in [2.45, 2.75) is 38.4 Å². The SMILES string of the molecule is CCNC1(C)CCC2CN(c3cccc(C(F)(F)F)n3)CC21. The summed E-state index contributed by atoms with van der Waals surface area (Å²) in [7, 11) is 0. The number of hydrogen-bond donors (Lipinski definition) is 1. The Morgan fingerprint density at radius 1 is 1.36 bits per heavy atom. The highest BCUT2D eigenvalue weighted by atomic mass is 19.4. The number of hydrogen-bond acceptors (Lipinski definition) is 3. The van der Waals surface area contributed by atoms with Gasteiger partial charge in [-0.05, 0) is 50.3 Å². The molecule has 6 heteroatoms. The molecule has 122 valence electrons. The summed E-state index contributed by atoms with van der Waals surface area (Å²) >= 11 is 0. The van der Waals surface area contributed by atoms with Crippen molar-refractivity contribution in [1.29, 1.82) is 0 Å². The second-order valence-electron chi connectivity index (χ2n) is 6.64. The minimum absolute atomic E-state index is 0.0931. The second-order valence-corrected chi connectivity index (χ2v) is 6.64. The molecule has 3 atom stereocenters. The number of rotatable bonds is 3. The first-order valence-corrected chi connectivity index (χ1v) is 7.88. The molecule has 2 fully saturated rings. The van der Waals surface area contributed by atoms with E-state index in [4.69, 9.17) is 0 Å². The van der Waals surface area contributed by atoms with Gasteiger partial charge in [0.05, 0.1) is 0 Å². The van der Waals surface area contributed by atoms with Crippen LogP contribution in [0.15, 0.2) is 18.2 Å². The fraction of sp³-hybridized carbons (Fsp3) is 0.688. The summed E-state index contributed by atoms with van der Waals surface area (Å²) < 4.78 is 38.5. The van der Waals surface area contributed by atoms with E-state index in [0.29, 0.717) is 17.7 Å². The van der Waals surface area contributed by atoms with Gasteiger partial charge in [-0.3, -0.25) is 0 Å². The molecule has 1 saturated heterocycles. The minimum Gasteiger partial charge on any atom is -0.356 e. The van der Waals surface area contributed by atoms with Crippen molar-refractivity contribution in [3.8, 4) is 0 Å². The van der Waals surface area contributed by atoms with Crippen LogP contribution < -0.4 is 10.2 Å². The summed E-state index contributed by atoms with van der Waals surface area (Å²) in [5.41, 5.74) is -0.716. The van der Waals surface area contributed by atoms with Crippen LogP contribution in [0.3, 0.4) is 0 Å². The molecule has 1 N–H and O–H groups in total. The lowest BCUT2D eigenvalue weighted by molar-refractivity contribution is -0.141. The molecule has 1 aliphatic carbocycles. The van der Waals surface area contributed by atoms with Crippen LogP contribution >= 0.6 is 0 Å². The predicted octanol–water partition coefficient (Wildman–Crippen LogP) is 3.31. The van der Waals surface area contributed by atoms with Gasteiger partial charge in [-0.2, -0.15) is 13.2 Å². The number of halogens is 3. The summed E-state index contributed by atoms with van der Waals surface area (Å²) in [6.45, 7) is 6.84. The van der Waals surface area contributed by atoms with E-state index in [2.05, 4.69) is 24.1 Å². The highest BCUT2D eigenvalue weighted by molar-refractivity contribution is 5.42. The highest BCUT2D eigenvalue weighted by Gasteiger charge is 2.49. The van der Waals surface area contributed by atoms with Crippen LogP contribution in [-0.2, 0) is 6.18 Å². The quantitative estimate of drug-likeness (QED) is 0.928. The van der Waals surface area contributed by atoms with Crippen LogP contribution in [0.1, 0.15) is 32.4 Å². The summed E-state index contributed by atoms with van der Waals surface area (Å²) in [5.74, 6) is 1.47. The van der Waals surface area contributed by atoms with E-state index in [1.54, 1.807) is 6.07 Å². The van der Waals surface area contributed by atoms with E-state index < -0.39 is 11.9 Å². The zero-order valence-electron chi connectivity index (χ0n) is 13.0. The molecule has 3 rings (SSSR count). The maximum Gasteiger partial charge on any atom is 0.433 e. The second kappa shape index (κ2) is 5.41. The van der Waals surface area contributed by atoms with Crippen molar-refractivity contribution in [3.05, 3.63) is 23.9 Å². The van der Waals surface area contributed by atoms with Crippen LogP contribution in [0.4, 0.5) is 19.0 Å². The summed E-state index contributed by atoms with van der Waals surface area (Å²) in [5, 5.41) is 3.57. The van der Waals surface area contributed by atoms with Gasteiger partial charge < -0.3 is 10.2 Å². The molecule has 0 spiro atoms. The molecule has 0 radical (unpaired) electrons. The number of alkyl halides is 3. The van der Waals surface area contributed by atoms with Crippen LogP contribution in [0.2, 0.25) is 0 Å². The van der Waals surface area contributed by atoms with Gasteiger partial charge in [0.25, 0.3) is 0 Å². The van der Waals surface area contributed by atoms with Crippen molar-refractivity contribution in [1.82, 2.24) is 10.3 Å². The molecule has 2 aliphatic rings. The smallest absolute Gasteiger partial charge is 0.356 e. The van der Waals surface area contributed by atoms with Crippen molar-refractivity contribution in [2.24, 2.45) is 11.8 Å². The molecule has 2 heterocycles. The lowest BCUT2D eigenvalue weighted by Crippen LogP contribution is -2.47. The van der Waals surface area contributed by atoms with Gasteiger partial charge in [-0.15, -0.1) is 0 Å². The minimum atomic E-state index is -4.39. The number of fused-ring (bicyclic) bond motifs is 1. The molecule has 0 aromatic carbocycles. The number of nitrogens with zero attached hydrogens (tertiary/aromatic N) is 2. The Morgan fingerprint density at radius 2 is 2.14 bits per heavy atom. The Hall–Kier alpha value is -1.30. The van der Waals surface area contributed by atoms with Crippen molar-refractivity contribution in [3.63, 3.8) is 0 Å². The Morgan fingerprint density at radius 3 is 2.82 bits per heavy atom. The van der Waals surface area contributed by atoms with E-state index in [-0.39, 0.29) is 5.54 Å². The molecular formula is C16H22F3N3. The number of pyridine rings is 1. The third-order valence-electron chi connectivity index (χ3n) is 5.22. The maximum absolute atomic E-state index is 12.8. The standard InChI is InChI=1S/C16H22F3N3/c1-3-20-15(2)8-7-11-9-22(10-12(11)15)14-6-4-5-13(21-14)16(17,18)19/h4-6,11-12,20H,3,7-10H2,1-2H3. The van der Waals surface area contributed by atoms with Gasteiger partial charge in [0.1, 0.15) is 11.5 Å². The molecule has 3 nitrogen and oxygen atoms in total. The van der Waals surface area contributed by atoms with Gasteiger partial charge in [-0.25, -0.2) is 4.98 Å². The summed E-state index contributed by atoms with van der Waals surface area (Å²) in [4.78, 5) is 5.84. The molecule has 0 bridgehead atoms. The predicted molar refractivity (Wildman–Crippen MR) is 79.7 cm³/mol. The molecule has 1 saturated carbocycles. The average molecular weight is 313 g/mol. The van der Waals surface area contributed by atoms with Crippen LogP contribution in [0.25, 0.3) is 0 Å². The van der Waals surface area contributed by atoms with Crippen molar-refractivity contribution in [2.75, 3.05) is 24.5 Å². The van der Waals surface area contributed by atoms with Gasteiger partial charge in [-0.1, -0.05) is 13.0 Å². The molecular weight excluding hydrogens is 291 g/mol. The molecule has 22 heavy (non-hydrogen) atoms. The molecule has 1 aromatic heterocycles. The Balaban J connectivity index is 1.79. The largest absolute Gasteiger partial charge is 0.433 e. The topological polar surface area (TPSA) is 28.2 Å². The summed E-state index contributed by atoms with van der Waals surface area (Å²) in [6.07, 6.45) is -2.12. The first-order chi connectivity index (χ1) is 10.3. The zero-order chi connectivity index (χ0) is 16.0. The Kier molecular flexibility index (Phi) is 3.83. The van der Waals surface area contributed by atoms with E-state index >= 15 is 0 Å². The Labute approximate surface area is 128 Å². The van der Waals surface area contributed by atoms with Crippen LogP contribution in [0.5, 0.6) is 0 Å². The van der Waals surface area contributed by atoms with Crippen molar-refractivity contribution < 1.29 is 13.2 Å². The fourth-order valence-electron chi connectivity index (χ4n) is 4.12. The van der Waals surface area contributed by atoms with Gasteiger partial charge in [0.15, 0.2) is 0 Å². The monoisotopic (exact) mass is 313 g/mol. The van der Waals surface area contributed by atoms with Crippen molar-refractivity contribution >= 4 is 5.82 Å². The van der Waals surface area contributed by atoms with Gasteiger partial charge in [0, 0.05) is 18.6 Å². The number of aromatic nitrogens is 1. The first-order valence-electron chi connectivity index (χ1n) is 7.88. The maximum atomic E-state index is 12.8. The number of anilines is 1. The highest BCUT2D eigenvalue weighted by Crippen LogP contribution is 2.45. The Bertz CT molecular complexity index is 542. The van der Waals surface area contributed by atoms with Crippen LogP contribution in [0, 0.1) is 11.8 Å². The first kappa shape index (κ1) is 15.6. The average Bonchev–Trinajstić information content (AvgIpc) is 3.00. The lowest BCUT2D eigenvalue weighted by atomic mass is 9.86. The number of nitrogens with one attached hydrogen (secondary N) is 1. The molecule has 3 unspecified atom stereocenters. The molecule has 1 aliphatic heterocycles. The summed E-state index contributed by atoms with van der Waals surface area (Å²) in [6, 6.07) is 4.16. The fourth-order valence-corrected chi connectivity index (χ4v) is 4.12. The van der Waals surface area contributed by atoms with Gasteiger partial charge >= 0.3 is 6.18 Å². The van der Waals surface area contributed by atoms with E-state index in [1.807, 2.05) is 4.90 Å². The zero-order valence-corrected chi connectivity index (χ0v) is 13.0. The lowest BCUT2D eigenvalue weighted by Gasteiger charge is -2.32. The third-order valence-corrected chi connectivity index (χ3v) is 5.22. The molecule has 1 aromatic rings. The normalized spacial score (nSPS) is 31.6.